The highest BCUT2D eigenvalue weighted by Crippen LogP contribution is 2.20. The predicted molar refractivity (Wildman–Crippen MR) is 114 cm³/mol. The van der Waals surface area contributed by atoms with E-state index in [1.165, 1.54) is 6.26 Å². The zero-order valence-corrected chi connectivity index (χ0v) is 17.4. The normalized spacial score (nSPS) is 14.8. The highest BCUT2D eigenvalue weighted by Gasteiger charge is 2.24. The summed E-state index contributed by atoms with van der Waals surface area (Å²) in [7, 11) is 0. The van der Waals surface area contributed by atoms with E-state index in [1.54, 1.807) is 17.0 Å². The minimum absolute atomic E-state index is 0.0419. The monoisotopic (exact) mass is 398 g/mol. The molecule has 0 unspecified atom stereocenters. The van der Waals surface area contributed by atoms with Crippen molar-refractivity contribution in [2.75, 3.05) is 49.5 Å². The second-order valence-electron chi connectivity index (χ2n) is 7.52. The smallest absolute Gasteiger partial charge is 0.289 e. The Morgan fingerprint density at radius 3 is 2.34 bits per heavy atom. The van der Waals surface area contributed by atoms with Crippen molar-refractivity contribution in [1.29, 1.82) is 0 Å². The van der Waals surface area contributed by atoms with E-state index in [-0.39, 0.29) is 11.8 Å². The van der Waals surface area contributed by atoms with Gasteiger partial charge in [-0.1, -0.05) is 0 Å². The summed E-state index contributed by atoms with van der Waals surface area (Å²) in [5, 5.41) is 2.96. The standard InChI is InChI=1S/C22H30N4O3/c1-4-26(17(2)3)19-9-7-18(8-10-19)23-21(27)16-24-11-13-25(14-12-24)22(28)20-6-5-15-29-20/h5-10,15,17H,4,11-14,16H2,1-3H3,(H,23,27). The average molecular weight is 399 g/mol. The van der Waals surface area contributed by atoms with Gasteiger partial charge in [-0.05, 0) is 57.2 Å². The Morgan fingerprint density at radius 2 is 1.79 bits per heavy atom. The molecule has 29 heavy (non-hydrogen) atoms. The summed E-state index contributed by atoms with van der Waals surface area (Å²) >= 11 is 0. The maximum atomic E-state index is 12.4. The fourth-order valence-electron chi connectivity index (χ4n) is 3.65. The van der Waals surface area contributed by atoms with E-state index in [4.69, 9.17) is 4.42 Å². The van der Waals surface area contributed by atoms with Crippen LogP contribution in [-0.2, 0) is 4.79 Å². The van der Waals surface area contributed by atoms with Crippen molar-refractivity contribution in [3.05, 3.63) is 48.4 Å². The largest absolute Gasteiger partial charge is 0.459 e. The number of carbonyl (C=O) groups is 2. The first-order valence-electron chi connectivity index (χ1n) is 10.2. The topological polar surface area (TPSA) is 69.0 Å². The number of carbonyl (C=O) groups excluding carboxylic acids is 2. The third-order valence-electron chi connectivity index (χ3n) is 5.21. The van der Waals surface area contributed by atoms with Crippen molar-refractivity contribution >= 4 is 23.2 Å². The number of anilines is 2. The van der Waals surface area contributed by atoms with Gasteiger partial charge in [0.2, 0.25) is 5.91 Å². The molecule has 2 heterocycles. The van der Waals surface area contributed by atoms with Crippen LogP contribution in [-0.4, -0.2) is 66.9 Å². The lowest BCUT2D eigenvalue weighted by Crippen LogP contribution is -2.50. The Balaban J connectivity index is 1.46. The van der Waals surface area contributed by atoms with Crippen molar-refractivity contribution in [3.63, 3.8) is 0 Å². The molecule has 2 amide bonds. The number of nitrogens with zero attached hydrogens (tertiary/aromatic N) is 3. The molecule has 0 radical (unpaired) electrons. The summed E-state index contributed by atoms with van der Waals surface area (Å²) in [5.74, 6) is 0.222. The summed E-state index contributed by atoms with van der Waals surface area (Å²) in [6.07, 6.45) is 1.50. The Morgan fingerprint density at radius 1 is 1.10 bits per heavy atom. The second kappa shape index (κ2) is 9.60. The first-order chi connectivity index (χ1) is 14.0. The van der Waals surface area contributed by atoms with Crippen LogP contribution in [0.3, 0.4) is 0 Å². The quantitative estimate of drug-likeness (QED) is 0.777. The molecule has 1 fully saturated rings. The van der Waals surface area contributed by atoms with Crippen molar-refractivity contribution in [3.8, 4) is 0 Å². The zero-order chi connectivity index (χ0) is 20.8. The van der Waals surface area contributed by atoms with Crippen LogP contribution in [0.25, 0.3) is 0 Å². The van der Waals surface area contributed by atoms with Crippen molar-refractivity contribution in [1.82, 2.24) is 9.80 Å². The first-order valence-corrected chi connectivity index (χ1v) is 10.2. The van der Waals surface area contributed by atoms with Crippen LogP contribution in [0, 0.1) is 0 Å². The molecular weight excluding hydrogens is 368 g/mol. The molecule has 0 aliphatic carbocycles. The molecule has 1 N–H and O–H groups in total. The zero-order valence-electron chi connectivity index (χ0n) is 17.4. The van der Waals surface area contributed by atoms with Gasteiger partial charge in [0.25, 0.3) is 5.91 Å². The maximum absolute atomic E-state index is 12.4. The lowest BCUT2D eigenvalue weighted by atomic mass is 10.2. The molecule has 156 valence electrons. The molecule has 1 aromatic heterocycles. The minimum atomic E-state index is -0.0956. The van der Waals surface area contributed by atoms with Gasteiger partial charge in [0.15, 0.2) is 5.76 Å². The molecule has 0 bridgehead atoms. The minimum Gasteiger partial charge on any atom is -0.459 e. The van der Waals surface area contributed by atoms with Gasteiger partial charge in [0.05, 0.1) is 12.8 Å². The highest BCUT2D eigenvalue weighted by atomic mass is 16.3. The Kier molecular flexibility index (Phi) is 6.93. The lowest BCUT2D eigenvalue weighted by molar-refractivity contribution is -0.117. The fraction of sp³-hybridized carbons (Fsp3) is 0.455. The molecule has 2 aromatic rings. The Bertz CT molecular complexity index is 794. The van der Waals surface area contributed by atoms with Crippen molar-refractivity contribution < 1.29 is 14.0 Å². The van der Waals surface area contributed by atoms with Crippen LogP contribution in [0.15, 0.2) is 47.1 Å². The number of amides is 2. The van der Waals surface area contributed by atoms with Crippen molar-refractivity contribution in [2.24, 2.45) is 0 Å². The summed E-state index contributed by atoms with van der Waals surface area (Å²) in [6, 6.07) is 11.8. The number of nitrogens with one attached hydrogen (secondary N) is 1. The molecule has 1 aromatic carbocycles. The van der Waals surface area contributed by atoms with Gasteiger partial charge in [-0.15, -0.1) is 0 Å². The van der Waals surface area contributed by atoms with Gasteiger partial charge in [0, 0.05) is 50.1 Å². The summed E-state index contributed by atoms with van der Waals surface area (Å²) < 4.78 is 5.18. The predicted octanol–water partition coefficient (Wildman–Crippen LogP) is 2.91. The average Bonchev–Trinajstić information content (AvgIpc) is 3.24. The molecule has 1 aliphatic heterocycles. The van der Waals surface area contributed by atoms with E-state index in [0.717, 1.165) is 17.9 Å². The summed E-state index contributed by atoms with van der Waals surface area (Å²) in [4.78, 5) is 30.8. The highest BCUT2D eigenvalue weighted by molar-refractivity contribution is 5.93. The second-order valence-corrected chi connectivity index (χ2v) is 7.52. The van der Waals surface area contributed by atoms with E-state index in [9.17, 15) is 9.59 Å². The van der Waals surface area contributed by atoms with E-state index in [1.807, 2.05) is 24.3 Å². The van der Waals surface area contributed by atoms with Gasteiger partial charge in [-0.25, -0.2) is 0 Å². The number of benzene rings is 1. The van der Waals surface area contributed by atoms with Crippen LogP contribution in [0.4, 0.5) is 11.4 Å². The molecule has 3 rings (SSSR count). The summed E-state index contributed by atoms with van der Waals surface area (Å²) in [6.45, 7) is 10.2. The van der Waals surface area contributed by atoms with Gasteiger partial charge in [-0.2, -0.15) is 0 Å². The third kappa shape index (κ3) is 5.38. The number of rotatable bonds is 7. The maximum Gasteiger partial charge on any atom is 0.289 e. The van der Waals surface area contributed by atoms with Crippen LogP contribution in [0.5, 0.6) is 0 Å². The van der Waals surface area contributed by atoms with E-state index >= 15 is 0 Å². The van der Waals surface area contributed by atoms with E-state index in [2.05, 4.69) is 35.9 Å². The van der Waals surface area contributed by atoms with E-state index in [0.29, 0.717) is 44.5 Å². The van der Waals surface area contributed by atoms with Gasteiger partial charge in [0.1, 0.15) is 0 Å². The van der Waals surface area contributed by atoms with Crippen LogP contribution < -0.4 is 10.2 Å². The first kappa shape index (κ1) is 20.9. The molecule has 0 atom stereocenters. The molecule has 1 aliphatic rings. The van der Waals surface area contributed by atoms with E-state index < -0.39 is 0 Å². The van der Waals surface area contributed by atoms with Gasteiger partial charge in [-0.3, -0.25) is 14.5 Å². The molecule has 7 heteroatoms. The Labute approximate surface area is 172 Å². The summed E-state index contributed by atoms with van der Waals surface area (Å²) in [5.41, 5.74) is 1.95. The number of hydrogen-bond donors (Lipinski definition) is 1. The molecular formula is C22H30N4O3. The number of piperazine rings is 1. The molecule has 0 saturated carbocycles. The SMILES string of the molecule is CCN(c1ccc(NC(=O)CN2CCN(C(=O)c3ccco3)CC2)cc1)C(C)C. The number of hydrogen-bond acceptors (Lipinski definition) is 5. The Hall–Kier alpha value is -2.80. The third-order valence-corrected chi connectivity index (χ3v) is 5.21. The molecule has 1 saturated heterocycles. The molecule has 7 nitrogen and oxygen atoms in total. The lowest BCUT2D eigenvalue weighted by Gasteiger charge is -2.33. The van der Waals surface area contributed by atoms with Crippen LogP contribution in [0.2, 0.25) is 0 Å². The van der Waals surface area contributed by atoms with Crippen LogP contribution in [0.1, 0.15) is 31.3 Å². The van der Waals surface area contributed by atoms with Crippen LogP contribution >= 0.6 is 0 Å². The van der Waals surface area contributed by atoms with Gasteiger partial charge < -0.3 is 19.5 Å². The molecule has 0 spiro atoms. The van der Waals surface area contributed by atoms with Crippen molar-refractivity contribution in [2.45, 2.75) is 26.8 Å². The number of furan rings is 1. The van der Waals surface area contributed by atoms with Gasteiger partial charge >= 0.3 is 0 Å². The fourth-order valence-corrected chi connectivity index (χ4v) is 3.65.